The minimum atomic E-state index is -1.39. The van der Waals surface area contributed by atoms with Crippen LogP contribution in [0.5, 0.6) is 0 Å². The van der Waals surface area contributed by atoms with E-state index in [1.54, 1.807) is 6.08 Å². The largest absolute Gasteiger partial charge is 0.468 e. The molecule has 0 spiro atoms. The molecule has 1 saturated carbocycles. The minimum absolute atomic E-state index is 0.203. The van der Waals surface area contributed by atoms with E-state index in [9.17, 15) is 9.59 Å². The molecule has 0 aliphatic heterocycles. The summed E-state index contributed by atoms with van der Waals surface area (Å²) in [5, 5.41) is 0. The summed E-state index contributed by atoms with van der Waals surface area (Å²) in [5.41, 5.74) is 4.16. The molecule has 0 unspecified atom stereocenters. The fraction of sp³-hybridized carbons (Fsp3) is 0.435. The summed E-state index contributed by atoms with van der Waals surface area (Å²) < 4.78 is 9.91. The Bertz CT molecular complexity index is 700. The molecule has 4 nitrogen and oxygen atoms in total. The molecule has 1 aromatic carbocycles. The number of methoxy groups -OCH3 is 2. The topological polar surface area (TPSA) is 52.6 Å². The maximum atomic E-state index is 12.5. The van der Waals surface area contributed by atoms with E-state index in [0.29, 0.717) is 0 Å². The highest BCUT2D eigenvalue weighted by Crippen LogP contribution is 2.32. The number of ether oxygens (including phenoxy) is 2. The molecule has 4 heteroatoms. The maximum Gasteiger partial charge on any atom is 0.323 e. The first-order chi connectivity index (χ1) is 13.1. The predicted molar refractivity (Wildman–Crippen MR) is 106 cm³/mol. The van der Waals surface area contributed by atoms with Crippen LogP contribution in [0.3, 0.4) is 0 Å². The van der Waals surface area contributed by atoms with Crippen molar-refractivity contribution in [1.29, 1.82) is 0 Å². The quantitative estimate of drug-likeness (QED) is 0.392. The van der Waals surface area contributed by atoms with Gasteiger partial charge in [-0.05, 0) is 55.7 Å². The van der Waals surface area contributed by atoms with Gasteiger partial charge >= 0.3 is 11.9 Å². The van der Waals surface area contributed by atoms with E-state index in [0.717, 1.165) is 18.4 Å². The molecule has 1 aromatic rings. The number of allylic oxidation sites excluding steroid dienone is 2. The van der Waals surface area contributed by atoms with Gasteiger partial charge in [0.25, 0.3) is 0 Å². The zero-order valence-electron chi connectivity index (χ0n) is 16.2. The molecule has 2 rings (SSSR count). The zero-order chi connectivity index (χ0) is 19.5. The molecule has 1 fully saturated rings. The fourth-order valence-corrected chi connectivity index (χ4v) is 3.34. The number of rotatable bonds is 7. The van der Waals surface area contributed by atoms with Crippen molar-refractivity contribution < 1.29 is 19.1 Å². The van der Waals surface area contributed by atoms with Gasteiger partial charge in [0.2, 0.25) is 0 Å². The standard InChI is InChI=1S/C23H28O4/c1-26-21(24)23(22(25)27-2,17-9-15-19-11-5-3-6-12-19)18-10-16-20-13-7-4-8-14-20/h3,5-6,9-12,15H,4,7-8,13-14,17-18H2,1-2H3/b15-9+. The second kappa shape index (κ2) is 10.5. The van der Waals surface area contributed by atoms with Crippen molar-refractivity contribution in [2.24, 2.45) is 5.41 Å². The van der Waals surface area contributed by atoms with E-state index in [1.807, 2.05) is 42.5 Å². The summed E-state index contributed by atoms with van der Waals surface area (Å²) >= 11 is 0. The SMILES string of the molecule is COC(=O)C(CC=C=C1CCCCC1)(C/C=C/c1ccccc1)C(=O)OC. The number of carbonyl (C=O) groups excluding carboxylic acids is 2. The van der Waals surface area contributed by atoms with E-state index in [-0.39, 0.29) is 12.8 Å². The van der Waals surface area contributed by atoms with Crippen molar-refractivity contribution >= 4 is 18.0 Å². The van der Waals surface area contributed by atoms with E-state index in [2.05, 4.69) is 5.73 Å². The fourth-order valence-electron chi connectivity index (χ4n) is 3.34. The number of esters is 2. The summed E-state index contributed by atoms with van der Waals surface area (Å²) in [6, 6.07) is 9.73. The van der Waals surface area contributed by atoms with Crippen molar-refractivity contribution in [2.45, 2.75) is 44.9 Å². The Morgan fingerprint density at radius 3 is 2.22 bits per heavy atom. The molecule has 0 aromatic heterocycles. The third-order valence-electron chi connectivity index (χ3n) is 4.94. The van der Waals surface area contributed by atoms with Crippen molar-refractivity contribution in [2.75, 3.05) is 14.2 Å². The molecule has 0 radical (unpaired) electrons. The van der Waals surface area contributed by atoms with Gasteiger partial charge in [0.05, 0.1) is 14.2 Å². The Hall–Kier alpha value is -2.58. The van der Waals surface area contributed by atoms with Crippen molar-refractivity contribution in [3.8, 4) is 0 Å². The van der Waals surface area contributed by atoms with Crippen LogP contribution in [0.1, 0.15) is 50.5 Å². The average Bonchev–Trinajstić information content (AvgIpc) is 2.73. The molecule has 27 heavy (non-hydrogen) atoms. The highest BCUT2D eigenvalue weighted by Gasteiger charge is 2.46. The molecule has 1 aliphatic rings. The van der Waals surface area contributed by atoms with Crippen molar-refractivity contribution in [1.82, 2.24) is 0 Å². The Morgan fingerprint density at radius 2 is 1.63 bits per heavy atom. The lowest BCUT2D eigenvalue weighted by Crippen LogP contribution is -2.40. The molecular formula is C23H28O4. The summed E-state index contributed by atoms with van der Waals surface area (Å²) in [6.45, 7) is 0. The van der Waals surface area contributed by atoms with Gasteiger partial charge < -0.3 is 9.47 Å². The molecular weight excluding hydrogens is 340 g/mol. The lowest BCUT2D eigenvalue weighted by molar-refractivity contribution is -0.168. The summed E-state index contributed by atoms with van der Waals surface area (Å²) in [7, 11) is 2.59. The van der Waals surface area contributed by atoms with Gasteiger partial charge in [-0.15, -0.1) is 5.73 Å². The second-order valence-electron chi connectivity index (χ2n) is 6.80. The lowest BCUT2D eigenvalue weighted by atomic mass is 9.80. The first-order valence-corrected chi connectivity index (χ1v) is 9.44. The molecule has 0 bridgehead atoms. The van der Waals surface area contributed by atoms with Gasteiger partial charge in [-0.1, -0.05) is 48.9 Å². The van der Waals surface area contributed by atoms with Crippen LogP contribution in [0.25, 0.3) is 6.08 Å². The van der Waals surface area contributed by atoms with Crippen LogP contribution in [-0.4, -0.2) is 26.2 Å². The smallest absolute Gasteiger partial charge is 0.323 e. The molecule has 0 heterocycles. The number of carbonyl (C=O) groups is 2. The van der Waals surface area contributed by atoms with Crippen LogP contribution in [-0.2, 0) is 19.1 Å². The first kappa shape index (κ1) is 20.7. The molecule has 0 amide bonds. The second-order valence-corrected chi connectivity index (χ2v) is 6.80. The highest BCUT2D eigenvalue weighted by molar-refractivity contribution is 6.00. The van der Waals surface area contributed by atoms with Crippen LogP contribution in [0.2, 0.25) is 0 Å². The van der Waals surface area contributed by atoms with Gasteiger partial charge in [0.15, 0.2) is 5.41 Å². The van der Waals surface area contributed by atoms with Gasteiger partial charge in [0.1, 0.15) is 0 Å². The normalized spacial score (nSPS) is 14.5. The molecule has 0 saturated heterocycles. The Kier molecular flexibility index (Phi) is 8.09. The van der Waals surface area contributed by atoms with Crippen molar-refractivity contribution in [3.05, 3.63) is 59.4 Å². The van der Waals surface area contributed by atoms with Gasteiger partial charge in [-0.3, -0.25) is 9.59 Å². The number of hydrogen-bond acceptors (Lipinski definition) is 4. The van der Waals surface area contributed by atoms with Gasteiger partial charge in [0, 0.05) is 0 Å². The number of hydrogen-bond donors (Lipinski definition) is 0. The third kappa shape index (κ3) is 5.70. The summed E-state index contributed by atoms with van der Waals surface area (Å²) in [5.74, 6) is -1.17. The molecule has 1 aliphatic carbocycles. The average molecular weight is 368 g/mol. The number of benzene rings is 1. The maximum absolute atomic E-state index is 12.5. The highest BCUT2D eigenvalue weighted by atomic mass is 16.5. The lowest BCUT2D eigenvalue weighted by Gasteiger charge is -2.25. The van der Waals surface area contributed by atoms with Crippen LogP contribution < -0.4 is 0 Å². The monoisotopic (exact) mass is 368 g/mol. The first-order valence-electron chi connectivity index (χ1n) is 9.44. The molecule has 0 N–H and O–H groups in total. The van der Waals surface area contributed by atoms with Gasteiger partial charge in [-0.25, -0.2) is 0 Å². The van der Waals surface area contributed by atoms with E-state index < -0.39 is 17.4 Å². The van der Waals surface area contributed by atoms with Crippen LogP contribution >= 0.6 is 0 Å². The van der Waals surface area contributed by atoms with Crippen molar-refractivity contribution in [3.63, 3.8) is 0 Å². The van der Waals surface area contributed by atoms with E-state index in [1.165, 1.54) is 39.1 Å². The summed E-state index contributed by atoms with van der Waals surface area (Å²) in [4.78, 5) is 25.1. The van der Waals surface area contributed by atoms with Crippen LogP contribution in [0, 0.1) is 5.41 Å². The molecule has 0 atom stereocenters. The Morgan fingerprint density at radius 1 is 1.00 bits per heavy atom. The van der Waals surface area contributed by atoms with E-state index >= 15 is 0 Å². The molecule has 144 valence electrons. The summed E-state index contributed by atoms with van der Waals surface area (Å²) in [6.07, 6.45) is 11.6. The Labute approximate surface area is 161 Å². The predicted octanol–water partition coefficient (Wildman–Crippen LogP) is 4.86. The van der Waals surface area contributed by atoms with E-state index in [4.69, 9.17) is 9.47 Å². The van der Waals surface area contributed by atoms with Crippen LogP contribution in [0.4, 0.5) is 0 Å². The van der Waals surface area contributed by atoms with Crippen LogP contribution in [0.15, 0.2) is 53.8 Å². The minimum Gasteiger partial charge on any atom is -0.468 e. The van der Waals surface area contributed by atoms with Gasteiger partial charge in [-0.2, -0.15) is 0 Å². The third-order valence-corrected chi connectivity index (χ3v) is 4.94. The Balaban J connectivity index is 2.25. The zero-order valence-corrected chi connectivity index (χ0v) is 16.2.